The number of hydrogen-bond acceptors (Lipinski definition) is 8. The van der Waals surface area contributed by atoms with Crippen LogP contribution in [0.25, 0.3) is 0 Å². The molecule has 0 fully saturated rings. The number of ether oxygens (including phenoxy) is 3. The summed E-state index contributed by atoms with van der Waals surface area (Å²) in [4.78, 5) is 52.2. The van der Waals surface area contributed by atoms with Gasteiger partial charge in [0, 0.05) is 19.0 Å². The first-order valence-corrected chi connectivity index (χ1v) is 13.7. The van der Waals surface area contributed by atoms with E-state index in [4.69, 9.17) is 14.2 Å². The lowest BCUT2D eigenvalue weighted by Gasteiger charge is -2.36. The van der Waals surface area contributed by atoms with Crippen LogP contribution >= 0.6 is 0 Å². The molecule has 3 rings (SSSR count). The molecule has 1 aliphatic rings. The number of nitrogens with one attached hydrogen (secondary N) is 2. The van der Waals surface area contributed by atoms with Gasteiger partial charge in [0.1, 0.15) is 29.8 Å². The van der Waals surface area contributed by atoms with E-state index in [2.05, 4.69) is 10.6 Å². The number of benzene rings is 2. The number of amides is 1. The second-order valence-corrected chi connectivity index (χ2v) is 11.7. The van der Waals surface area contributed by atoms with Gasteiger partial charge in [0.15, 0.2) is 11.3 Å². The summed E-state index contributed by atoms with van der Waals surface area (Å²) in [5.74, 6) is -0.742. The minimum Gasteiger partial charge on any atom is -0.489 e. The Morgan fingerprint density at radius 2 is 1.68 bits per heavy atom. The van der Waals surface area contributed by atoms with Gasteiger partial charge in [0.2, 0.25) is 0 Å². The third kappa shape index (κ3) is 7.74. The molecule has 0 aliphatic carbocycles. The maximum Gasteiger partial charge on any atom is 0.408 e. The van der Waals surface area contributed by atoms with Crippen LogP contribution in [0.15, 0.2) is 66.4 Å². The van der Waals surface area contributed by atoms with Gasteiger partial charge < -0.3 is 29.6 Å². The lowest BCUT2D eigenvalue weighted by molar-refractivity contribution is -0.148. The van der Waals surface area contributed by atoms with Crippen molar-refractivity contribution in [1.29, 1.82) is 0 Å². The van der Waals surface area contributed by atoms with Gasteiger partial charge in [-0.05, 0) is 56.4 Å². The number of aldehydes is 1. The zero-order valence-corrected chi connectivity index (χ0v) is 24.6. The van der Waals surface area contributed by atoms with Crippen LogP contribution < -0.4 is 15.4 Å². The van der Waals surface area contributed by atoms with Gasteiger partial charge >= 0.3 is 12.1 Å². The number of alkyl carbamates (subject to hydrolysis) is 1. The zero-order chi connectivity index (χ0) is 30.3. The minimum atomic E-state index is -1.82. The van der Waals surface area contributed by atoms with Crippen LogP contribution in [0.5, 0.6) is 5.75 Å². The third-order valence-electron chi connectivity index (χ3n) is 6.70. The van der Waals surface area contributed by atoms with Crippen LogP contribution in [0.3, 0.4) is 0 Å². The first kappa shape index (κ1) is 31.4. The molecule has 220 valence electrons. The summed E-state index contributed by atoms with van der Waals surface area (Å²) in [7, 11) is 1.20. The summed E-state index contributed by atoms with van der Waals surface area (Å²) in [5.41, 5.74) is -2.19. The second kappa shape index (κ2) is 13.0. The number of methoxy groups -OCH3 is 1. The van der Waals surface area contributed by atoms with Crippen molar-refractivity contribution in [2.75, 3.05) is 7.11 Å². The van der Waals surface area contributed by atoms with E-state index in [0.29, 0.717) is 18.6 Å². The number of rotatable bonds is 12. The molecule has 0 saturated carbocycles. The molecule has 1 heterocycles. The van der Waals surface area contributed by atoms with Gasteiger partial charge in [0.25, 0.3) is 0 Å². The number of hydrogen-bond donors (Lipinski definition) is 2. The average Bonchev–Trinajstić information content (AvgIpc) is 3.22. The molecule has 1 amide bonds. The molecule has 0 unspecified atom stereocenters. The predicted octanol–water partition coefficient (Wildman–Crippen LogP) is 4.67. The Balaban J connectivity index is 1.88. The maximum atomic E-state index is 14.1. The van der Waals surface area contributed by atoms with Crippen LogP contribution in [0.4, 0.5) is 4.79 Å². The normalized spacial score (nSPS) is 18.1. The number of carbonyl (C=O) groups is 4. The molecule has 0 spiro atoms. The molecule has 2 atom stereocenters. The molecule has 0 bridgehead atoms. The SMILES string of the molecule is COC(=O)[C@@](CC(C)C)(NC(=O)OC(C)(C)C)C1=CN[C@](CC=O)(Cc2ccc(OCc3ccccc3)cc2)C1=O. The van der Waals surface area contributed by atoms with Crippen molar-refractivity contribution < 1.29 is 33.4 Å². The highest BCUT2D eigenvalue weighted by Gasteiger charge is 2.55. The van der Waals surface area contributed by atoms with E-state index in [-0.39, 0.29) is 30.8 Å². The molecule has 9 heteroatoms. The van der Waals surface area contributed by atoms with E-state index in [1.165, 1.54) is 13.3 Å². The van der Waals surface area contributed by atoms with E-state index < -0.39 is 34.5 Å². The first-order chi connectivity index (χ1) is 19.3. The van der Waals surface area contributed by atoms with Crippen molar-refractivity contribution in [2.45, 2.75) is 77.2 Å². The molecular weight excluding hydrogens is 524 g/mol. The molecule has 2 N–H and O–H groups in total. The van der Waals surface area contributed by atoms with E-state index in [1.54, 1.807) is 20.8 Å². The summed E-state index contributed by atoms with van der Waals surface area (Å²) in [6.45, 7) is 9.24. The highest BCUT2D eigenvalue weighted by molar-refractivity contribution is 6.13. The van der Waals surface area contributed by atoms with E-state index >= 15 is 0 Å². The number of ketones is 1. The summed E-state index contributed by atoms with van der Waals surface area (Å²) >= 11 is 0. The van der Waals surface area contributed by atoms with Crippen LogP contribution in [0.2, 0.25) is 0 Å². The number of carbonyl (C=O) groups excluding carboxylic acids is 4. The third-order valence-corrected chi connectivity index (χ3v) is 6.70. The Labute approximate surface area is 241 Å². The lowest BCUT2D eigenvalue weighted by atomic mass is 9.75. The molecule has 0 radical (unpaired) electrons. The fraction of sp³-hybridized carbons (Fsp3) is 0.438. The molecule has 2 aromatic rings. The summed E-state index contributed by atoms with van der Waals surface area (Å²) < 4.78 is 16.4. The van der Waals surface area contributed by atoms with Gasteiger partial charge in [-0.1, -0.05) is 56.3 Å². The highest BCUT2D eigenvalue weighted by atomic mass is 16.6. The molecule has 0 aromatic heterocycles. The smallest absolute Gasteiger partial charge is 0.408 e. The Morgan fingerprint density at radius 1 is 1.02 bits per heavy atom. The van der Waals surface area contributed by atoms with Crippen LogP contribution in [-0.2, 0) is 36.9 Å². The monoisotopic (exact) mass is 564 g/mol. The lowest BCUT2D eigenvalue weighted by Crippen LogP contribution is -2.60. The van der Waals surface area contributed by atoms with Crippen molar-refractivity contribution in [3.63, 3.8) is 0 Å². The van der Waals surface area contributed by atoms with Gasteiger partial charge in [-0.25, -0.2) is 9.59 Å². The zero-order valence-electron chi connectivity index (χ0n) is 24.6. The summed E-state index contributed by atoms with van der Waals surface area (Å²) in [5, 5.41) is 5.74. The van der Waals surface area contributed by atoms with Gasteiger partial charge in [-0.2, -0.15) is 0 Å². The Bertz CT molecular complexity index is 1270. The molecular formula is C32H40N2O7. The highest BCUT2D eigenvalue weighted by Crippen LogP contribution is 2.37. The topological polar surface area (TPSA) is 120 Å². The molecule has 2 aromatic carbocycles. The molecule has 9 nitrogen and oxygen atoms in total. The fourth-order valence-corrected chi connectivity index (χ4v) is 4.94. The van der Waals surface area contributed by atoms with Crippen molar-refractivity contribution in [3.8, 4) is 5.75 Å². The molecule has 1 aliphatic heterocycles. The summed E-state index contributed by atoms with van der Waals surface area (Å²) in [6.07, 6.45) is 1.31. The van der Waals surface area contributed by atoms with Crippen molar-refractivity contribution in [1.82, 2.24) is 10.6 Å². The van der Waals surface area contributed by atoms with Crippen molar-refractivity contribution >= 4 is 24.1 Å². The maximum absolute atomic E-state index is 14.1. The standard InChI is InChI=1S/C32H40N2O7/c1-22(2)18-32(28(37)39-6,34-29(38)41-30(3,4)5)26-20-33-31(16-17-35,27(26)36)19-23-12-14-25(15-13-23)40-21-24-10-8-7-9-11-24/h7-15,17,20,22,33H,16,18-19,21H2,1-6H3,(H,34,38)/t31-,32+/m1/s1. The number of Topliss-reactive ketones (excluding diaryl/α,β-unsaturated/α-hetero) is 1. The van der Waals surface area contributed by atoms with E-state index in [9.17, 15) is 19.2 Å². The fourth-order valence-electron chi connectivity index (χ4n) is 4.94. The largest absolute Gasteiger partial charge is 0.489 e. The summed E-state index contributed by atoms with van der Waals surface area (Å²) in [6, 6.07) is 17.1. The average molecular weight is 565 g/mol. The first-order valence-electron chi connectivity index (χ1n) is 13.7. The predicted molar refractivity (Wildman–Crippen MR) is 154 cm³/mol. The van der Waals surface area contributed by atoms with E-state index in [1.807, 2.05) is 68.4 Å². The van der Waals surface area contributed by atoms with Gasteiger partial charge in [-0.15, -0.1) is 0 Å². The Hall–Kier alpha value is -4.14. The Kier molecular flexibility index (Phi) is 9.97. The van der Waals surface area contributed by atoms with Crippen molar-refractivity contribution in [3.05, 3.63) is 77.5 Å². The second-order valence-electron chi connectivity index (χ2n) is 11.7. The van der Waals surface area contributed by atoms with Gasteiger partial charge in [-0.3, -0.25) is 4.79 Å². The Morgan fingerprint density at radius 3 is 2.24 bits per heavy atom. The van der Waals surface area contributed by atoms with Crippen molar-refractivity contribution in [2.24, 2.45) is 5.92 Å². The van der Waals surface area contributed by atoms with Crippen LogP contribution in [0, 0.1) is 5.92 Å². The quantitative estimate of drug-likeness (QED) is 0.282. The minimum absolute atomic E-state index is 0.00794. The van der Waals surface area contributed by atoms with Gasteiger partial charge in [0.05, 0.1) is 12.7 Å². The van der Waals surface area contributed by atoms with Crippen LogP contribution in [-0.4, -0.2) is 47.9 Å². The molecule has 0 saturated heterocycles. The van der Waals surface area contributed by atoms with Crippen LogP contribution in [0.1, 0.15) is 58.6 Å². The molecule has 41 heavy (non-hydrogen) atoms. The number of esters is 1. The van der Waals surface area contributed by atoms with E-state index in [0.717, 1.165) is 11.1 Å².